The smallest absolute Gasteiger partial charge is 0.259 e. The van der Waals surface area contributed by atoms with Crippen LogP contribution in [0.1, 0.15) is 5.56 Å². The van der Waals surface area contributed by atoms with Crippen molar-refractivity contribution in [3.63, 3.8) is 0 Å². The quantitative estimate of drug-likeness (QED) is 0.840. The lowest BCUT2D eigenvalue weighted by Gasteiger charge is -2.13. The van der Waals surface area contributed by atoms with E-state index in [1.54, 1.807) is 26.2 Å². The number of carbonyl (C=O) groups excluding carboxylic acids is 1. The van der Waals surface area contributed by atoms with E-state index < -0.39 is 0 Å². The van der Waals surface area contributed by atoms with E-state index in [9.17, 15) is 9.90 Å². The Kier molecular flexibility index (Phi) is 3.57. The summed E-state index contributed by atoms with van der Waals surface area (Å²) in [6.07, 6.45) is 0. The van der Waals surface area contributed by atoms with Crippen LogP contribution in [0.4, 0.5) is 0 Å². The maximum absolute atomic E-state index is 11.4. The molecule has 0 radical (unpaired) electrons. The molecule has 6 nitrogen and oxygen atoms in total. The number of amides is 1. The zero-order valence-corrected chi connectivity index (χ0v) is 10.3. The first-order chi connectivity index (χ1) is 8.61. The Morgan fingerprint density at radius 2 is 2.06 bits per heavy atom. The Hall–Kier alpha value is -1.95. The molecule has 1 aromatic rings. The van der Waals surface area contributed by atoms with Crippen molar-refractivity contribution in [1.29, 1.82) is 0 Å². The number of ether oxygens (including phenoxy) is 3. The highest BCUT2D eigenvalue weighted by Crippen LogP contribution is 2.38. The van der Waals surface area contributed by atoms with Gasteiger partial charge < -0.3 is 24.2 Å². The van der Waals surface area contributed by atoms with Crippen LogP contribution in [0.2, 0.25) is 0 Å². The molecule has 0 aromatic heterocycles. The van der Waals surface area contributed by atoms with Gasteiger partial charge in [-0.25, -0.2) is 0 Å². The standard InChI is InChI=1S/C12H15NO5/c1-13(2)12(15)6-16-9-4-11-10(17-7-18-11)3-8(9)5-14/h3-4,14H,5-7H2,1-2H3. The fourth-order valence-electron chi connectivity index (χ4n) is 1.49. The topological polar surface area (TPSA) is 68.2 Å². The van der Waals surface area contributed by atoms with E-state index in [0.717, 1.165) is 0 Å². The second kappa shape index (κ2) is 5.14. The van der Waals surface area contributed by atoms with E-state index in [1.807, 2.05) is 0 Å². The summed E-state index contributed by atoms with van der Waals surface area (Å²) in [5.74, 6) is 1.40. The van der Waals surface area contributed by atoms with Crippen LogP contribution in [-0.2, 0) is 11.4 Å². The first kappa shape index (κ1) is 12.5. The average molecular weight is 253 g/mol. The van der Waals surface area contributed by atoms with Crippen LogP contribution < -0.4 is 14.2 Å². The Labute approximate surface area is 105 Å². The van der Waals surface area contributed by atoms with Crippen LogP contribution in [0.3, 0.4) is 0 Å². The van der Waals surface area contributed by atoms with Crippen molar-refractivity contribution in [2.45, 2.75) is 6.61 Å². The number of aliphatic hydroxyl groups excluding tert-OH is 1. The molecule has 1 aliphatic rings. The number of fused-ring (bicyclic) bond motifs is 1. The Morgan fingerprint density at radius 1 is 1.39 bits per heavy atom. The Balaban J connectivity index is 2.14. The number of nitrogens with zero attached hydrogens (tertiary/aromatic N) is 1. The molecule has 0 fully saturated rings. The summed E-state index contributed by atoms with van der Waals surface area (Å²) in [4.78, 5) is 12.9. The van der Waals surface area contributed by atoms with Gasteiger partial charge in [-0.2, -0.15) is 0 Å². The summed E-state index contributed by atoms with van der Waals surface area (Å²) >= 11 is 0. The molecular weight excluding hydrogens is 238 g/mol. The van der Waals surface area contributed by atoms with E-state index in [-0.39, 0.29) is 25.9 Å². The maximum Gasteiger partial charge on any atom is 0.259 e. The second-order valence-electron chi connectivity index (χ2n) is 4.05. The van der Waals surface area contributed by atoms with Gasteiger partial charge >= 0.3 is 0 Å². The van der Waals surface area contributed by atoms with Crippen LogP contribution in [0, 0.1) is 0 Å². The third-order valence-electron chi connectivity index (χ3n) is 2.58. The van der Waals surface area contributed by atoms with Gasteiger partial charge in [0.25, 0.3) is 5.91 Å². The molecule has 18 heavy (non-hydrogen) atoms. The fourth-order valence-corrected chi connectivity index (χ4v) is 1.49. The van der Waals surface area contributed by atoms with Gasteiger partial charge in [0.05, 0.1) is 6.61 Å². The molecule has 0 spiro atoms. The molecule has 1 aliphatic heterocycles. The van der Waals surface area contributed by atoms with Crippen LogP contribution in [0.15, 0.2) is 12.1 Å². The largest absolute Gasteiger partial charge is 0.483 e. The minimum atomic E-state index is -0.192. The predicted molar refractivity (Wildman–Crippen MR) is 62.7 cm³/mol. The van der Waals surface area contributed by atoms with Gasteiger partial charge in [0.1, 0.15) is 5.75 Å². The maximum atomic E-state index is 11.4. The van der Waals surface area contributed by atoms with Gasteiger partial charge in [-0.1, -0.05) is 0 Å². The predicted octanol–water partition coefficient (Wildman–Crippen LogP) is 0.375. The van der Waals surface area contributed by atoms with Crippen LogP contribution in [0.25, 0.3) is 0 Å². The van der Waals surface area contributed by atoms with Crippen molar-refractivity contribution in [2.75, 3.05) is 27.5 Å². The molecule has 0 bridgehead atoms. The van der Waals surface area contributed by atoms with Gasteiger partial charge in [0, 0.05) is 25.7 Å². The van der Waals surface area contributed by atoms with Crippen molar-refractivity contribution in [3.05, 3.63) is 17.7 Å². The number of rotatable bonds is 4. The highest BCUT2D eigenvalue weighted by atomic mass is 16.7. The normalized spacial score (nSPS) is 12.4. The number of carbonyl (C=O) groups is 1. The van der Waals surface area contributed by atoms with E-state index >= 15 is 0 Å². The zero-order valence-electron chi connectivity index (χ0n) is 10.3. The molecule has 0 unspecified atom stereocenters. The molecule has 1 heterocycles. The fraction of sp³-hybridized carbons (Fsp3) is 0.417. The van der Waals surface area contributed by atoms with Gasteiger partial charge in [0.2, 0.25) is 6.79 Å². The number of hydrogen-bond acceptors (Lipinski definition) is 5. The molecule has 98 valence electrons. The summed E-state index contributed by atoms with van der Waals surface area (Å²) in [7, 11) is 3.30. The highest BCUT2D eigenvalue weighted by Gasteiger charge is 2.18. The van der Waals surface area contributed by atoms with Crippen molar-refractivity contribution in [3.8, 4) is 17.2 Å². The molecule has 2 rings (SSSR count). The van der Waals surface area contributed by atoms with Gasteiger partial charge in [0.15, 0.2) is 18.1 Å². The van der Waals surface area contributed by atoms with Crippen LogP contribution in [-0.4, -0.2) is 43.4 Å². The van der Waals surface area contributed by atoms with Crippen molar-refractivity contribution < 1.29 is 24.1 Å². The minimum absolute atomic E-state index is 0.0837. The zero-order chi connectivity index (χ0) is 13.1. The summed E-state index contributed by atoms with van der Waals surface area (Å²) in [5.41, 5.74) is 0.561. The lowest BCUT2D eigenvalue weighted by atomic mass is 10.2. The molecule has 0 saturated heterocycles. The van der Waals surface area contributed by atoms with Crippen molar-refractivity contribution in [2.24, 2.45) is 0 Å². The van der Waals surface area contributed by atoms with Crippen molar-refractivity contribution in [1.82, 2.24) is 4.90 Å². The summed E-state index contributed by atoms with van der Waals surface area (Å²) in [5, 5.41) is 9.25. The third kappa shape index (κ3) is 2.48. The third-order valence-corrected chi connectivity index (χ3v) is 2.58. The summed E-state index contributed by atoms with van der Waals surface area (Å²) < 4.78 is 15.8. The van der Waals surface area contributed by atoms with Crippen LogP contribution >= 0.6 is 0 Å². The monoisotopic (exact) mass is 253 g/mol. The molecule has 6 heteroatoms. The molecule has 1 aromatic carbocycles. The van der Waals surface area contributed by atoms with Crippen molar-refractivity contribution >= 4 is 5.91 Å². The first-order valence-corrected chi connectivity index (χ1v) is 5.48. The van der Waals surface area contributed by atoms with E-state index in [0.29, 0.717) is 22.8 Å². The van der Waals surface area contributed by atoms with E-state index in [4.69, 9.17) is 14.2 Å². The molecule has 0 aliphatic carbocycles. The lowest BCUT2D eigenvalue weighted by molar-refractivity contribution is -0.130. The van der Waals surface area contributed by atoms with Gasteiger partial charge in [-0.15, -0.1) is 0 Å². The first-order valence-electron chi connectivity index (χ1n) is 5.48. The molecule has 0 atom stereocenters. The highest BCUT2D eigenvalue weighted by molar-refractivity contribution is 5.77. The second-order valence-corrected chi connectivity index (χ2v) is 4.05. The van der Waals surface area contributed by atoms with E-state index in [1.165, 1.54) is 4.90 Å². The van der Waals surface area contributed by atoms with Gasteiger partial charge in [-0.3, -0.25) is 4.79 Å². The number of aliphatic hydroxyl groups is 1. The minimum Gasteiger partial charge on any atom is -0.483 e. The number of likely N-dealkylation sites (N-methyl/N-ethyl adjacent to an activating group) is 1. The SMILES string of the molecule is CN(C)C(=O)COc1cc2c(cc1CO)OCO2. The van der Waals surface area contributed by atoms with Crippen LogP contribution in [0.5, 0.6) is 17.2 Å². The molecule has 1 amide bonds. The lowest BCUT2D eigenvalue weighted by Crippen LogP contribution is -2.27. The molecular formula is C12H15NO5. The summed E-state index contributed by atoms with van der Waals surface area (Å²) in [6.45, 7) is -0.123. The molecule has 0 saturated carbocycles. The summed E-state index contributed by atoms with van der Waals surface area (Å²) in [6, 6.07) is 3.27. The van der Waals surface area contributed by atoms with Gasteiger partial charge in [-0.05, 0) is 6.07 Å². The average Bonchev–Trinajstić information content (AvgIpc) is 2.81. The Morgan fingerprint density at radius 3 is 2.67 bits per heavy atom. The number of hydrogen-bond donors (Lipinski definition) is 1. The molecule has 1 N–H and O–H groups in total. The van der Waals surface area contributed by atoms with E-state index in [2.05, 4.69) is 0 Å². The Bertz CT molecular complexity index is 458. The number of benzene rings is 1.